The van der Waals surface area contributed by atoms with Crippen molar-refractivity contribution in [3.8, 4) is 0 Å². The van der Waals surface area contributed by atoms with Crippen LogP contribution in [0.3, 0.4) is 0 Å². The van der Waals surface area contributed by atoms with Gasteiger partial charge in [0.15, 0.2) is 0 Å². The van der Waals surface area contributed by atoms with Crippen molar-refractivity contribution in [1.82, 2.24) is 15.1 Å². The molecule has 1 aromatic carbocycles. The van der Waals surface area contributed by atoms with Gasteiger partial charge >= 0.3 is 6.03 Å². The van der Waals surface area contributed by atoms with Crippen LogP contribution < -0.4 is 5.32 Å². The molecule has 0 radical (unpaired) electrons. The number of nitrogens with zero attached hydrogens (tertiary/aromatic N) is 2. The third kappa shape index (κ3) is 5.19. The van der Waals surface area contributed by atoms with E-state index in [0.29, 0.717) is 32.8 Å². The number of urea groups is 1. The minimum Gasteiger partial charge on any atom is -0.373 e. The fourth-order valence-electron chi connectivity index (χ4n) is 3.21. The van der Waals surface area contributed by atoms with Gasteiger partial charge in [0.25, 0.3) is 0 Å². The van der Waals surface area contributed by atoms with Crippen LogP contribution in [0.25, 0.3) is 0 Å². The topological polar surface area (TPSA) is 71.1 Å². The number of carbonyl (C=O) groups is 2. The van der Waals surface area contributed by atoms with Crippen LogP contribution in [0.1, 0.15) is 18.4 Å². The third-order valence-electron chi connectivity index (χ3n) is 4.88. The highest BCUT2D eigenvalue weighted by atomic mass is 16.5. The Balaban J connectivity index is 1.34. The van der Waals surface area contributed by atoms with Gasteiger partial charge in [-0.1, -0.05) is 30.3 Å². The van der Waals surface area contributed by atoms with Gasteiger partial charge in [-0.2, -0.15) is 0 Å². The zero-order valence-corrected chi connectivity index (χ0v) is 15.2. The first-order valence-electron chi connectivity index (χ1n) is 9.15. The first-order valence-corrected chi connectivity index (χ1v) is 9.15. The zero-order valence-electron chi connectivity index (χ0n) is 15.2. The number of hydrogen-bond donors (Lipinski definition) is 1. The summed E-state index contributed by atoms with van der Waals surface area (Å²) in [4.78, 5) is 27.2. The molecule has 2 aliphatic heterocycles. The van der Waals surface area contributed by atoms with Crippen LogP contribution in [0.15, 0.2) is 30.3 Å². The lowest BCUT2D eigenvalue weighted by molar-refractivity contribution is -0.146. The Bertz CT molecular complexity index is 602. The fraction of sp³-hybridized carbons (Fsp3) is 0.579. The first-order chi connectivity index (χ1) is 12.6. The summed E-state index contributed by atoms with van der Waals surface area (Å²) in [6, 6.07) is 10.1. The van der Waals surface area contributed by atoms with Crippen molar-refractivity contribution in [2.75, 3.05) is 39.8 Å². The molecule has 0 unspecified atom stereocenters. The predicted octanol–water partition coefficient (Wildman–Crippen LogP) is 1.23. The molecule has 1 aromatic rings. The van der Waals surface area contributed by atoms with Gasteiger partial charge in [-0.25, -0.2) is 4.79 Å². The van der Waals surface area contributed by atoms with E-state index >= 15 is 0 Å². The van der Waals surface area contributed by atoms with Crippen molar-refractivity contribution in [3.63, 3.8) is 0 Å². The monoisotopic (exact) mass is 361 g/mol. The van der Waals surface area contributed by atoms with Crippen LogP contribution >= 0.6 is 0 Å². The van der Waals surface area contributed by atoms with Crippen LogP contribution in [0.2, 0.25) is 0 Å². The summed E-state index contributed by atoms with van der Waals surface area (Å²) in [5.41, 5.74) is 1.17. The van der Waals surface area contributed by atoms with E-state index in [0.717, 1.165) is 12.8 Å². The van der Waals surface area contributed by atoms with Crippen molar-refractivity contribution in [2.24, 2.45) is 0 Å². The number of benzene rings is 1. The Morgan fingerprint density at radius 3 is 2.69 bits per heavy atom. The zero-order chi connectivity index (χ0) is 18.4. The van der Waals surface area contributed by atoms with Gasteiger partial charge in [-0.3, -0.25) is 4.79 Å². The Kier molecular flexibility index (Phi) is 6.46. The van der Waals surface area contributed by atoms with Crippen LogP contribution in [-0.2, 0) is 20.9 Å². The average Bonchev–Trinajstić information content (AvgIpc) is 2.68. The molecule has 142 valence electrons. The Hall–Kier alpha value is -2.12. The fourth-order valence-corrected chi connectivity index (χ4v) is 3.21. The van der Waals surface area contributed by atoms with Crippen LogP contribution in [0.5, 0.6) is 0 Å². The third-order valence-corrected chi connectivity index (χ3v) is 4.88. The molecule has 1 N–H and O–H groups in total. The minimum absolute atomic E-state index is 0.0230. The maximum absolute atomic E-state index is 12.3. The summed E-state index contributed by atoms with van der Waals surface area (Å²) < 4.78 is 11.4. The largest absolute Gasteiger partial charge is 0.373 e. The molecule has 0 spiro atoms. The molecule has 2 aliphatic rings. The quantitative estimate of drug-likeness (QED) is 0.856. The van der Waals surface area contributed by atoms with Gasteiger partial charge in [0.1, 0.15) is 6.61 Å². The van der Waals surface area contributed by atoms with E-state index in [1.54, 1.807) is 11.9 Å². The van der Waals surface area contributed by atoms with E-state index in [-0.39, 0.29) is 30.8 Å². The van der Waals surface area contributed by atoms with Crippen LogP contribution in [0, 0.1) is 0 Å². The highest BCUT2D eigenvalue weighted by Gasteiger charge is 2.26. The summed E-state index contributed by atoms with van der Waals surface area (Å²) in [7, 11) is 1.75. The summed E-state index contributed by atoms with van der Waals surface area (Å²) in [5.74, 6) is -0.0230. The summed E-state index contributed by atoms with van der Waals surface area (Å²) in [5, 5.41) is 2.91. The van der Waals surface area contributed by atoms with Crippen molar-refractivity contribution in [3.05, 3.63) is 35.9 Å². The molecule has 3 rings (SSSR count). The lowest BCUT2D eigenvalue weighted by atomic mass is 10.1. The normalized spacial score (nSPS) is 21.7. The molecule has 2 fully saturated rings. The number of likely N-dealkylation sites (tertiary alicyclic amines) is 1. The molecule has 26 heavy (non-hydrogen) atoms. The molecular weight excluding hydrogens is 334 g/mol. The van der Waals surface area contributed by atoms with E-state index in [1.165, 1.54) is 5.56 Å². The number of likely N-dealkylation sites (N-methyl/N-ethyl adjacent to an activating group) is 1. The van der Waals surface area contributed by atoms with E-state index in [1.807, 2.05) is 23.1 Å². The van der Waals surface area contributed by atoms with E-state index < -0.39 is 0 Å². The standard InChI is InChI=1S/C19H27N3O4/c1-21-12-17(26-14-18(21)23)11-20-19(24)22-9-7-16(8-10-22)25-13-15-5-3-2-4-6-15/h2-6,16-17H,7-14H2,1H3,(H,20,24)/t17-/m0/s1. The number of ether oxygens (including phenoxy) is 2. The Morgan fingerprint density at radius 2 is 2.00 bits per heavy atom. The average molecular weight is 361 g/mol. The summed E-state index contributed by atoms with van der Waals surface area (Å²) in [6.45, 7) is 3.00. The van der Waals surface area contributed by atoms with Gasteiger partial charge in [0.2, 0.25) is 5.91 Å². The maximum atomic E-state index is 12.3. The number of rotatable bonds is 5. The SMILES string of the molecule is CN1C[C@H](CNC(=O)N2CCC(OCc3ccccc3)CC2)OCC1=O. The summed E-state index contributed by atoms with van der Waals surface area (Å²) in [6.07, 6.45) is 1.74. The lowest BCUT2D eigenvalue weighted by Crippen LogP contribution is -2.52. The van der Waals surface area contributed by atoms with Gasteiger partial charge < -0.3 is 24.6 Å². The number of morpholine rings is 1. The van der Waals surface area contributed by atoms with Crippen molar-refractivity contribution in [2.45, 2.75) is 31.7 Å². The van der Waals surface area contributed by atoms with E-state index in [9.17, 15) is 9.59 Å². The smallest absolute Gasteiger partial charge is 0.317 e. The van der Waals surface area contributed by atoms with Gasteiger partial charge in [0, 0.05) is 33.2 Å². The van der Waals surface area contributed by atoms with Crippen molar-refractivity contribution < 1.29 is 19.1 Å². The van der Waals surface area contributed by atoms with Crippen LogP contribution in [-0.4, -0.2) is 73.8 Å². The number of piperidine rings is 1. The highest BCUT2D eigenvalue weighted by Crippen LogP contribution is 2.16. The molecular formula is C19H27N3O4. The second-order valence-electron chi connectivity index (χ2n) is 6.88. The molecule has 3 amide bonds. The molecule has 2 heterocycles. The van der Waals surface area contributed by atoms with Gasteiger partial charge in [0.05, 0.1) is 18.8 Å². The molecule has 0 aliphatic carbocycles. The molecule has 1 atom stereocenters. The predicted molar refractivity (Wildman–Crippen MR) is 96.6 cm³/mol. The van der Waals surface area contributed by atoms with Gasteiger partial charge in [-0.05, 0) is 18.4 Å². The number of hydrogen-bond acceptors (Lipinski definition) is 4. The second-order valence-corrected chi connectivity index (χ2v) is 6.88. The van der Waals surface area contributed by atoms with Gasteiger partial charge in [-0.15, -0.1) is 0 Å². The Labute approximate surface area is 154 Å². The molecule has 2 saturated heterocycles. The summed E-state index contributed by atoms with van der Waals surface area (Å²) >= 11 is 0. The van der Waals surface area contributed by atoms with E-state index in [4.69, 9.17) is 9.47 Å². The lowest BCUT2D eigenvalue weighted by Gasteiger charge is -2.33. The molecule has 0 aromatic heterocycles. The number of carbonyl (C=O) groups excluding carboxylic acids is 2. The number of nitrogens with one attached hydrogen (secondary N) is 1. The second kappa shape index (κ2) is 9.00. The molecule has 7 heteroatoms. The molecule has 0 bridgehead atoms. The molecule has 7 nitrogen and oxygen atoms in total. The van der Waals surface area contributed by atoms with E-state index in [2.05, 4.69) is 17.4 Å². The number of amides is 3. The maximum Gasteiger partial charge on any atom is 0.317 e. The Morgan fingerprint density at radius 1 is 1.27 bits per heavy atom. The highest BCUT2D eigenvalue weighted by molar-refractivity contribution is 5.78. The van der Waals surface area contributed by atoms with Crippen molar-refractivity contribution >= 4 is 11.9 Å². The first kappa shape index (κ1) is 18.7. The minimum atomic E-state index is -0.145. The van der Waals surface area contributed by atoms with Crippen molar-refractivity contribution in [1.29, 1.82) is 0 Å². The molecule has 0 saturated carbocycles. The van der Waals surface area contributed by atoms with Crippen LogP contribution in [0.4, 0.5) is 4.79 Å².